The Morgan fingerprint density at radius 3 is 1.60 bits per heavy atom. The summed E-state index contributed by atoms with van der Waals surface area (Å²) in [5.41, 5.74) is 22.9. The van der Waals surface area contributed by atoms with Crippen molar-refractivity contribution in [1.29, 1.82) is 0 Å². The summed E-state index contributed by atoms with van der Waals surface area (Å²) in [6.45, 7) is 11.3. The standard InChI is InChI=1S/C81H60N5O.Pt/c1-53(2)62-37-25-38-63(54(3)4)79(62)86-74-43-21-19-41-72(74)82-80(86)85-73-42-20-16-36-66(73)67-47-46-61(51-77(67)85)87-60-33-24-32-59(50-60)83-52-84(76-45-23-22-44-75(76)83)78-68(55-26-8-5-9-27-55)48-58(49-69(78)56-28-10-6-11-29-56)81(57-30-12-7-13-31-57)70-39-17-14-34-64(70)65-35-15-18-40-71(65)81;/h5-49,52-54H,1-4H3;/q-3;. The fourth-order valence-corrected chi connectivity index (χ4v) is 14.0. The molecule has 0 atom stereocenters. The molecule has 0 radical (unpaired) electrons. The van der Waals surface area contributed by atoms with Crippen LogP contribution in [0, 0.1) is 18.8 Å². The van der Waals surface area contributed by atoms with E-state index in [-0.39, 0.29) is 32.9 Å². The molecule has 0 bridgehead atoms. The number of rotatable bonds is 12. The Bertz CT molecular complexity index is 4840. The van der Waals surface area contributed by atoms with Gasteiger partial charge in [-0.15, -0.1) is 48.1 Å². The molecule has 2 aromatic heterocycles. The average molecular weight is 1310 g/mol. The molecule has 0 saturated heterocycles. The Kier molecular flexibility index (Phi) is 13.7. The first kappa shape index (κ1) is 54.6. The molecule has 0 amide bonds. The van der Waals surface area contributed by atoms with E-state index in [2.05, 4.69) is 326 Å². The summed E-state index contributed by atoms with van der Waals surface area (Å²) in [5, 5.41) is 2.17. The second-order valence-electron chi connectivity index (χ2n) is 23.5. The summed E-state index contributed by atoms with van der Waals surface area (Å²) in [5.74, 6) is 2.49. The Hall–Kier alpha value is -10.0. The molecular weight excluding hydrogens is 1250 g/mol. The van der Waals surface area contributed by atoms with Crippen molar-refractivity contribution in [2.45, 2.75) is 44.9 Å². The van der Waals surface area contributed by atoms with Gasteiger partial charge in [0.2, 0.25) is 5.95 Å². The largest absolute Gasteiger partial charge is 0.509 e. The van der Waals surface area contributed by atoms with Gasteiger partial charge in [-0.05, 0) is 115 Å². The SMILES string of the molecule is CC(C)c1cccc(C(C)C)c1-n1c(-n2c3[c-]c(Oc4[c-]c(N5[CH-]N(c6c(-c7ccccc7)cc(C7(c8ccccc8)c8ccccc8-c8ccccc87)cc6-c6ccccc6)c6ccccc65)ccc4)ccc3c3ccccc32)nc2ccccc21.[Pt]. The van der Waals surface area contributed by atoms with E-state index >= 15 is 0 Å². The van der Waals surface area contributed by atoms with Gasteiger partial charge in [-0.25, -0.2) is 4.98 Å². The van der Waals surface area contributed by atoms with Crippen molar-refractivity contribution < 1.29 is 25.8 Å². The summed E-state index contributed by atoms with van der Waals surface area (Å²) >= 11 is 0. The van der Waals surface area contributed by atoms with Crippen molar-refractivity contribution in [1.82, 2.24) is 14.1 Å². The predicted molar refractivity (Wildman–Crippen MR) is 357 cm³/mol. The van der Waals surface area contributed by atoms with Gasteiger partial charge in [0, 0.05) is 66.3 Å². The van der Waals surface area contributed by atoms with Crippen LogP contribution in [0.3, 0.4) is 0 Å². The van der Waals surface area contributed by atoms with Crippen LogP contribution in [0.25, 0.3) is 77.9 Å². The third-order valence-corrected chi connectivity index (χ3v) is 17.8. The van der Waals surface area contributed by atoms with Crippen molar-refractivity contribution in [2.24, 2.45) is 0 Å². The van der Waals surface area contributed by atoms with Crippen LogP contribution in [-0.4, -0.2) is 14.1 Å². The number of fused-ring (bicyclic) bond motifs is 8. The van der Waals surface area contributed by atoms with Crippen LogP contribution < -0.4 is 14.5 Å². The molecule has 0 saturated carbocycles. The van der Waals surface area contributed by atoms with Gasteiger partial charge >= 0.3 is 0 Å². The first-order chi connectivity index (χ1) is 42.8. The van der Waals surface area contributed by atoms with Crippen molar-refractivity contribution in [3.63, 3.8) is 0 Å². The van der Waals surface area contributed by atoms with Gasteiger partial charge in [0.25, 0.3) is 0 Å². The molecular formula is C81H60N5OPt-3. The summed E-state index contributed by atoms with van der Waals surface area (Å²) in [7, 11) is 0. The number of anilines is 4. The minimum Gasteiger partial charge on any atom is -0.509 e. The van der Waals surface area contributed by atoms with E-state index in [9.17, 15) is 0 Å². The quantitative estimate of drug-likeness (QED) is 0.114. The van der Waals surface area contributed by atoms with Crippen molar-refractivity contribution in [3.8, 4) is 56.5 Å². The van der Waals surface area contributed by atoms with Crippen LogP contribution in [0.4, 0.5) is 22.7 Å². The topological polar surface area (TPSA) is 38.5 Å². The smallest absolute Gasteiger partial charge is 0.218 e. The normalized spacial score (nSPS) is 13.1. The van der Waals surface area contributed by atoms with E-state index in [4.69, 9.17) is 9.72 Å². The number of nitrogens with zero attached hydrogens (tertiary/aromatic N) is 5. The number of para-hydroxylation sites is 6. The maximum Gasteiger partial charge on any atom is 0.218 e. The number of aromatic nitrogens is 3. The second kappa shape index (κ2) is 22.1. The van der Waals surface area contributed by atoms with Crippen LogP contribution in [0.5, 0.6) is 11.5 Å². The van der Waals surface area contributed by atoms with E-state index < -0.39 is 5.41 Å². The number of hydrogen-bond donors (Lipinski definition) is 0. The zero-order chi connectivity index (χ0) is 58.3. The third kappa shape index (κ3) is 8.67. The fraction of sp³-hybridized carbons (Fsp3) is 0.0864. The summed E-state index contributed by atoms with van der Waals surface area (Å²) in [6.07, 6.45) is 0. The molecule has 0 spiro atoms. The molecule has 3 heterocycles. The molecule has 16 rings (SSSR count). The summed E-state index contributed by atoms with van der Waals surface area (Å²) in [4.78, 5) is 10.1. The minimum absolute atomic E-state index is 0. The van der Waals surface area contributed by atoms with Gasteiger partial charge in [0.15, 0.2) is 0 Å². The summed E-state index contributed by atoms with van der Waals surface area (Å²) in [6, 6.07) is 106. The monoisotopic (exact) mass is 1310 g/mol. The average Bonchev–Trinajstić information content (AvgIpc) is 1.87. The molecule has 7 heteroatoms. The molecule has 0 fully saturated rings. The molecule has 0 unspecified atom stereocenters. The molecule has 14 aromatic rings. The van der Waals surface area contributed by atoms with E-state index in [1.807, 2.05) is 12.1 Å². The van der Waals surface area contributed by atoms with Crippen molar-refractivity contribution in [2.75, 3.05) is 9.80 Å². The molecule has 88 heavy (non-hydrogen) atoms. The van der Waals surface area contributed by atoms with Crippen LogP contribution in [0.1, 0.15) is 72.9 Å². The van der Waals surface area contributed by atoms with Crippen molar-refractivity contribution in [3.05, 3.63) is 325 Å². The van der Waals surface area contributed by atoms with E-state index in [0.717, 1.165) is 83.8 Å². The third-order valence-electron chi connectivity index (χ3n) is 17.8. The number of imidazole rings is 1. The van der Waals surface area contributed by atoms with E-state index in [1.54, 1.807) is 0 Å². The molecule has 428 valence electrons. The first-order valence-corrected chi connectivity index (χ1v) is 30.2. The molecule has 1 aliphatic carbocycles. The number of hydrogen-bond acceptors (Lipinski definition) is 4. The fourth-order valence-electron chi connectivity index (χ4n) is 14.0. The maximum absolute atomic E-state index is 6.95. The van der Waals surface area contributed by atoms with Gasteiger partial charge < -0.3 is 19.1 Å². The number of benzene rings is 12. The Morgan fingerprint density at radius 2 is 0.955 bits per heavy atom. The first-order valence-electron chi connectivity index (χ1n) is 30.2. The van der Waals surface area contributed by atoms with Crippen molar-refractivity contribution >= 4 is 55.6 Å². The van der Waals surface area contributed by atoms with Crippen LogP contribution in [0.2, 0.25) is 0 Å². The predicted octanol–water partition coefficient (Wildman–Crippen LogP) is 20.9. The number of ether oxygens (including phenoxy) is 1. The van der Waals surface area contributed by atoms with Crippen LogP contribution in [-0.2, 0) is 26.5 Å². The van der Waals surface area contributed by atoms with Gasteiger partial charge in [-0.2, -0.15) is 12.1 Å². The Balaban J connectivity index is 0.00000650. The minimum atomic E-state index is -0.624. The molecule has 12 aromatic carbocycles. The molecule has 0 N–H and O–H groups in total. The van der Waals surface area contributed by atoms with E-state index in [1.165, 1.54) is 50.2 Å². The van der Waals surface area contributed by atoms with E-state index in [0.29, 0.717) is 11.5 Å². The Labute approximate surface area is 528 Å². The molecule has 2 aliphatic rings. The second-order valence-corrected chi connectivity index (χ2v) is 23.5. The summed E-state index contributed by atoms with van der Waals surface area (Å²) < 4.78 is 11.6. The van der Waals surface area contributed by atoms with Crippen LogP contribution >= 0.6 is 0 Å². The van der Waals surface area contributed by atoms with Gasteiger partial charge in [-0.3, -0.25) is 4.57 Å². The molecule has 1 aliphatic heterocycles. The maximum atomic E-state index is 6.95. The molecule has 6 nitrogen and oxygen atoms in total. The zero-order valence-electron chi connectivity index (χ0n) is 49.2. The van der Waals surface area contributed by atoms with Gasteiger partial charge in [-0.1, -0.05) is 233 Å². The zero-order valence-corrected chi connectivity index (χ0v) is 51.4. The Morgan fingerprint density at radius 1 is 0.420 bits per heavy atom. The van der Waals surface area contributed by atoms with Gasteiger partial charge in [0.05, 0.1) is 22.1 Å². The van der Waals surface area contributed by atoms with Crippen LogP contribution in [0.15, 0.2) is 273 Å². The van der Waals surface area contributed by atoms with Gasteiger partial charge in [0.1, 0.15) is 0 Å².